The van der Waals surface area contributed by atoms with E-state index in [1.54, 1.807) is 6.92 Å². The summed E-state index contributed by atoms with van der Waals surface area (Å²) in [5, 5.41) is -3.27. The quantitative estimate of drug-likeness (QED) is 0.310. The Bertz CT molecular complexity index is 950. The highest BCUT2D eigenvalue weighted by atomic mass is 32.2. The summed E-state index contributed by atoms with van der Waals surface area (Å²) >= 11 is 0. The van der Waals surface area contributed by atoms with Crippen molar-refractivity contribution >= 4 is 28.0 Å². The number of ether oxygens (including phenoxy) is 3. The Kier molecular flexibility index (Phi) is 6.64. The van der Waals surface area contributed by atoms with Gasteiger partial charge in [-0.15, -0.1) is 0 Å². The van der Waals surface area contributed by atoms with E-state index >= 15 is 0 Å². The van der Waals surface area contributed by atoms with Crippen molar-refractivity contribution in [2.24, 2.45) is 35.5 Å². The maximum absolute atomic E-state index is 13.1. The van der Waals surface area contributed by atoms with Crippen molar-refractivity contribution in [1.82, 2.24) is 0 Å². The summed E-state index contributed by atoms with van der Waals surface area (Å²) in [6.45, 7) is 0.00539. The summed E-state index contributed by atoms with van der Waals surface area (Å²) in [7, 11) is -5.55. The van der Waals surface area contributed by atoms with Gasteiger partial charge in [-0.05, 0) is 50.9 Å². The predicted octanol–water partition coefficient (Wildman–Crippen LogP) is 2.28. The first-order valence-corrected chi connectivity index (χ1v) is 12.9. The van der Waals surface area contributed by atoms with Gasteiger partial charge in [-0.3, -0.25) is 18.9 Å². The van der Waals surface area contributed by atoms with Gasteiger partial charge in [0, 0.05) is 5.92 Å². The van der Waals surface area contributed by atoms with Crippen LogP contribution in [-0.2, 0) is 38.7 Å². The largest absolute Gasteiger partial charge is 0.464 e. The summed E-state index contributed by atoms with van der Waals surface area (Å²) in [6, 6.07) is 0. The molecule has 34 heavy (non-hydrogen) atoms. The Balaban J connectivity index is 1.42. The lowest BCUT2D eigenvalue weighted by atomic mass is 9.79. The third-order valence-corrected chi connectivity index (χ3v) is 9.00. The van der Waals surface area contributed by atoms with Crippen LogP contribution in [0.3, 0.4) is 0 Å². The van der Waals surface area contributed by atoms with E-state index in [9.17, 15) is 36.0 Å². The molecule has 3 aliphatic carbocycles. The molecular weight excluding hydrogens is 485 g/mol. The maximum Gasteiger partial charge on any atom is 0.411 e. The minimum atomic E-state index is -5.55. The van der Waals surface area contributed by atoms with E-state index in [1.165, 1.54) is 0 Å². The highest BCUT2D eigenvalue weighted by Gasteiger charge is 2.57. The van der Waals surface area contributed by atoms with Gasteiger partial charge in [0.15, 0.2) is 0 Å². The van der Waals surface area contributed by atoms with Crippen LogP contribution < -0.4 is 0 Å². The highest BCUT2D eigenvalue weighted by molar-refractivity contribution is 7.86. The highest BCUT2D eigenvalue weighted by Crippen LogP contribution is 2.53. The number of esters is 3. The number of halogens is 3. The Hall–Kier alpha value is -1.89. The molecule has 192 valence electrons. The van der Waals surface area contributed by atoms with Crippen LogP contribution in [0.15, 0.2) is 0 Å². The van der Waals surface area contributed by atoms with Crippen molar-refractivity contribution in [3.8, 4) is 0 Å². The number of hydrogen-bond donors (Lipinski definition) is 1. The van der Waals surface area contributed by atoms with Crippen LogP contribution in [0.5, 0.6) is 0 Å². The van der Waals surface area contributed by atoms with E-state index in [0.717, 1.165) is 19.3 Å². The Morgan fingerprint density at radius 3 is 2.32 bits per heavy atom. The second-order valence-electron chi connectivity index (χ2n) is 9.80. The van der Waals surface area contributed by atoms with Gasteiger partial charge in [0.1, 0.15) is 18.8 Å². The van der Waals surface area contributed by atoms with Gasteiger partial charge in [-0.25, -0.2) is 0 Å². The molecule has 4 rings (SSSR count). The van der Waals surface area contributed by atoms with E-state index in [1.807, 2.05) is 0 Å². The first-order valence-electron chi connectivity index (χ1n) is 11.4. The van der Waals surface area contributed by atoms with Crippen LogP contribution in [0.1, 0.15) is 45.4 Å². The van der Waals surface area contributed by atoms with Gasteiger partial charge in [0.05, 0.1) is 17.8 Å². The number of carbonyl (C=O) groups is 3. The molecule has 1 N–H and O–H groups in total. The molecular formula is C21H27F3O9S. The van der Waals surface area contributed by atoms with Crippen molar-refractivity contribution in [2.75, 3.05) is 6.61 Å². The van der Waals surface area contributed by atoms with Crippen LogP contribution in [0.2, 0.25) is 0 Å². The van der Waals surface area contributed by atoms with E-state index in [4.69, 9.17) is 14.0 Å². The molecule has 1 heterocycles. The Morgan fingerprint density at radius 2 is 1.74 bits per heavy atom. The lowest BCUT2D eigenvalue weighted by molar-refractivity contribution is -0.175. The molecule has 0 radical (unpaired) electrons. The summed E-state index contributed by atoms with van der Waals surface area (Å²) < 4.78 is 85.7. The van der Waals surface area contributed by atoms with Crippen LogP contribution in [0.4, 0.5) is 13.2 Å². The fraction of sp³-hybridized carbons (Fsp3) is 0.857. The smallest absolute Gasteiger partial charge is 0.411 e. The van der Waals surface area contributed by atoms with E-state index in [2.05, 4.69) is 4.74 Å². The minimum absolute atomic E-state index is 0.0455. The minimum Gasteiger partial charge on any atom is -0.464 e. The summed E-state index contributed by atoms with van der Waals surface area (Å²) in [5.41, 5.74) is 0. The second kappa shape index (κ2) is 8.96. The molecule has 0 amide bonds. The number of alkyl halides is 3. The van der Waals surface area contributed by atoms with Crippen LogP contribution in [0, 0.1) is 35.5 Å². The molecule has 9 atom stereocenters. The molecule has 0 aromatic carbocycles. The van der Waals surface area contributed by atoms with Crippen LogP contribution in [0.25, 0.3) is 0 Å². The molecule has 4 aliphatic rings. The maximum atomic E-state index is 13.1. The lowest BCUT2D eigenvalue weighted by Gasteiger charge is -2.30. The molecule has 0 aromatic rings. The second-order valence-corrected chi connectivity index (χ2v) is 11.4. The van der Waals surface area contributed by atoms with Crippen molar-refractivity contribution in [3.63, 3.8) is 0 Å². The number of hydrogen-bond acceptors (Lipinski definition) is 8. The third-order valence-electron chi connectivity index (χ3n) is 7.87. The molecule has 4 fully saturated rings. The topological polar surface area (TPSA) is 133 Å². The number of fused-ring (bicyclic) bond motifs is 3. The summed E-state index contributed by atoms with van der Waals surface area (Å²) in [6.07, 6.45) is -2.58. The standard InChI is InChI=1S/C21H27F3O9S/c1-9(17-12-3-2-4-13(12)18(25)33-17)32-20(27)16-11-6-5-10(7-11)15(16)19(26)31-8-14(21(22,23)24)34(28,29)30/h9-17H,2-8H2,1H3,(H,28,29,30). The van der Waals surface area contributed by atoms with E-state index < -0.39 is 64.1 Å². The summed E-state index contributed by atoms with van der Waals surface area (Å²) in [4.78, 5) is 37.8. The Morgan fingerprint density at radius 1 is 1.12 bits per heavy atom. The number of cyclic esters (lactones) is 1. The zero-order chi connectivity index (χ0) is 25.0. The molecule has 13 heteroatoms. The van der Waals surface area contributed by atoms with Crippen molar-refractivity contribution in [1.29, 1.82) is 0 Å². The number of rotatable bonds is 7. The normalized spacial score (nSPS) is 36.6. The molecule has 0 aromatic heterocycles. The fourth-order valence-corrected chi connectivity index (χ4v) is 6.91. The van der Waals surface area contributed by atoms with Gasteiger partial charge < -0.3 is 14.2 Å². The molecule has 9 unspecified atom stereocenters. The first kappa shape index (κ1) is 25.2. The van der Waals surface area contributed by atoms with E-state index in [0.29, 0.717) is 19.3 Å². The summed E-state index contributed by atoms with van der Waals surface area (Å²) in [5.74, 6) is -4.92. The van der Waals surface area contributed by atoms with Gasteiger partial charge in [0.2, 0.25) is 5.25 Å². The third kappa shape index (κ3) is 4.65. The van der Waals surface area contributed by atoms with Crippen molar-refractivity contribution in [3.05, 3.63) is 0 Å². The molecule has 9 nitrogen and oxygen atoms in total. The average molecular weight is 512 g/mol. The molecule has 0 spiro atoms. The van der Waals surface area contributed by atoms with E-state index in [-0.39, 0.29) is 29.6 Å². The predicted molar refractivity (Wildman–Crippen MR) is 106 cm³/mol. The van der Waals surface area contributed by atoms with Crippen LogP contribution in [-0.4, -0.2) is 61.1 Å². The van der Waals surface area contributed by atoms with Gasteiger partial charge in [-0.1, -0.05) is 6.42 Å². The zero-order valence-corrected chi connectivity index (χ0v) is 19.2. The first-order chi connectivity index (χ1) is 15.8. The molecule has 1 aliphatic heterocycles. The fourth-order valence-electron chi connectivity index (χ4n) is 6.33. The monoisotopic (exact) mass is 512 g/mol. The Labute approximate surface area is 194 Å². The van der Waals surface area contributed by atoms with Gasteiger partial charge >= 0.3 is 24.1 Å². The lowest BCUT2D eigenvalue weighted by Crippen LogP contribution is -2.44. The van der Waals surface area contributed by atoms with Gasteiger partial charge in [-0.2, -0.15) is 21.6 Å². The van der Waals surface area contributed by atoms with Crippen molar-refractivity contribution < 1.29 is 54.7 Å². The SMILES string of the molecule is CC(OC(=O)C1C2CCC(C2)C1C(=O)OCC(C(F)(F)F)S(=O)(=O)O)C1OC(=O)C2CCCC21. The van der Waals surface area contributed by atoms with Crippen LogP contribution >= 0.6 is 0 Å². The molecule has 2 bridgehead atoms. The number of carbonyl (C=O) groups excluding carboxylic acids is 3. The van der Waals surface area contributed by atoms with Crippen molar-refractivity contribution in [2.45, 2.75) is 69.1 Å². The zero-order valence-electron chi connectivity index (χ0n) is 18.4. The molecule has 3 saturated carbocycles. The molecule has 1 saturated heterocycles. The average Bonchev–Trinajstić information content (AvgIpc) is 3.47. The van der Waals surface area contributed by atoms with Gasteiger partial charge in [0.25, 0.3) is 10.1 Å².